The number of hydrogen-bond acceptors (Lipinski definition) is 8. The van der Waals surface area contributed by atoms with E-state index >= 15 is 0 Å². The summed E-state index contributed by atoms with van der Waals surface area (Å²) < 4.78 is 11.0. The molecule has 3 heterocycles. The third-order valence-corrected chi connectivity index (χ3v) is 3.66. The van der Waals surface area contributed by atoms with Gasteiger partial charge in [0.05, 0.1) is 12.9 Å². The van der Waals surface area contributed by atoms with Crippen molar-refractivity contribution in [2.24, 2.45) is 0 Å². The standard InChI is InChI=1S/C14H19N3O5/c1-6(2)17-14-13-9(15-5-16-14)7(4-21-13)12-11(20)10(19)8(3-18)22-12/h4-6,8,10-12,18-20H,3H2,1-2H3,(H,15,16,17)/t8-,10-,11-,12?/m1/s1. The summed E-state index contributed by atoms with van der Waals surface area (Å²) in [5, 5.41) is 32.3. The number of anilines is 1. The Hall–Kier alpha value is -1.74. The first-order valence-corrected chi connectivity index (χ1v) is 7.14. The molecule has 0 amide bonds. The fourth-order valence-corrected chi connectivity index (χ4v) is 2.60. The number of hydrogen-bond donors (Lipinski definition) is 4. The monoisotopic (exact) mass is 309 g/mol. The van der Waals surface area contributed by atoms with Gasteiger partial charge in [-0.05, 0) is 13.8 Å². The van der Waals surface area contributed by atoms with Crippen LogP contribution >= 0.6 is 0 Å². The number of aliphatic hydroxyl groups is 3. The number of nitrogens with one attached hydrogen (secondary N) is 1. The largest absolute Gasteiger partial charge is 0.458 e. The van der Waals surface area contributed by atoms with Crippen molar-refractivity contribution in [3.05, 3.63) is 18.2 Å². The average Bonchev–Trinajstić information content (AvgIpc) is 3.02. The number of furan rings is 1. The quantitative estimate of drug-likeness (QED) is 0.632. The van der Waals surface area contributed by atoms with Gasteiger partial charge in [-0.25, -0.2) is 9.97 Å². The second-order valence-electron chi connectivity index (χ2n) is 5.65. The molecule has 1 unspecified atom stereocenters. The summed E-state index contributed by atoms with van der Waals surface area (Å²) in [4.78, 5) is 8.33. The third-order valence-electron chi connectivity index (χ3n) is 3.66. The minimum atomic E-state index is -1.16. The van der Waals surface area contributed by atoms with Crippen LogP contribution in [0.25, 0.3) is 11.1 Å². The average molecular weight is 309 g/mol. The Morgan fingerprint density at radius 2 is 2.05 bits per heavy atom. The number of aliphatic hydroxyl groups excluding tert-OH is 3. The van der Waals surface area contributed by atoms with Crippen LogP contribution in [0.2, 0.25) is 0 Å². The number of aromatic nitrogens is 2. The van der Waals surface area contributed by atoms with E-state index in [1.54, 1.807) is 0 Å². The Morgan fingerprint density at radius 1 is 1.27 bits per heavy atom. The zero-order valence-electron chi connectivity index (χ0n) is 12.3. The predicted molar refractivity (Wildman–Crippen MR) is 77.3 cm³/mol. The van der Waals surface area contributed by atoms with Crippen LogP contribution in [0, 0.1) is 0 Å². The maximum Gasteiger partial charge on any atom is 0.194 e. The van der Waals surface area contributed by atoms with Crippen molar-refractivity contribution >= 4 is 16.9 Å². The normalized spacial score (nSPS) is 28.6. The minimum Gasteiger partial charge on any atom is -0.458 e. The van der Waals surface area contributed by atoms with Gasteiger partial charge in [0.15, 0.2) is 11.4 Å². The van der Waals surface area contributed by atoms with Crippen molar-refractivity contribution in [2.75, 3.05) is 11.9 Å². The van der Waals surface area contributed by atoms with Crippen LogP contribution < -0.4 is 5.32 Å². The molecule has 0 spiro atoms. The van der Waals surface area contributed by atoms with E-state index in [2.05, 4.69) is 15.3 Å². The molecule has 4 atom stereocenters. The summed E-state index contributed by atoms with van der Waals surface area (Å²) in [7, 11) is 0. The lowest BCUT2D eigenvalue weighted by atomic mass is 10.0. The Balaban J connectivity index is 1.99. The van der Waals surface area contributed by atoms with Gasteiger partial charge in [0.1, 0.15) is 36.3 Å². The van der Waals surface area contributed by atoms with Gasteiger partial charge in [0, 0.05) is 11.6 Å². The van der Waals surface area contributed by atoms with Crippen LogP contribution in [-0.4, -0.2) is 56.2 Å². The molecule has 120 valence electrons. The molecule has 0 radical (unpaired) electrons. The highest BCUT2D eigenvalue weighted by molar-refractivity contribution is 5.86. The highest BCUT2D eigenvalue weighted by Crippen LogP contribution is 2.38. The van der Waals surface area contributed by atoms with Crippen molar-refractivity contribution in [1.82, 2.24) is 9.97 Å². The lowest BCUT2D eigenvalue weighted by Gasteiger charge is -2.13. The van der Waals surface area contributed by atoms with E-state index in [1.165, 1.54) is 12.6 Å². The molecule has 0 bridgehead atoms. The molecular formula is C14H19N3O5. The van der Waals surface area contributed by atoms with E-state index in [-0.39, 0.29) is 12.6 Å². The lowest BCUT2D eigenvalue weighted by Crippen LogP contribution is -2.32. The summed E-state index contributed by atoms with van der Waals surface area (Å²) in [6.07, 6.45) is -1.13. The second kappa shape index (κ2) is 5.81. The van der Waals surface area contributed by atoms with Gasteiger partial charge in [-0.1, -0.05) is 0 Å². The minimum absolute atomic E-state index is 0.167. The Morgan fingerprint density at radius 3 is 2.68 bits per heavy atom. The van der Waals surface area contributed by atoms with Crippen molar-refractivity contribution in [3.8, 4) is 0 Å². The van der Waals surface area contributed by atoms with E-state index in [4.69, 9.17) is 9.15 Å². The van der Waals surface area contributed by atoms with Crippen LogP contribution in [0.4, 0.5) is 5.82 Å². The van der Waals surface area contributed by atoms with Gasteiger partial charge in [0.25, 0.3) is 0 Å². The van der Waals surface area contributed by atoms with Crippen LogP contribution in [0.15, 0.2) is 17.0 Å². The lowest BCUT2D eigenvalue weighted by molar-refractivity contribution is -0.0226. The Labute approximate surface area is 126 Å². The van der Waals surface area contributed by atoms with Crippen LogP contribution in [0.3, 0.4) is 0 Å². The van der Waals surface area contributed by atoms with E-state index in [0.717, 1.165) is 0 Å². The molecule has 0 saturated carbocycles. The summed E-state index contributed by atoms with van der Waals surface area (Å²) >= 11 is 0. The smallest absolute Gasteiger partial charge is 0.194 e. The van der Waals surface area contributed by atoms with E-state index in [1.807, 2.05) is 13.8 Å². The zero-order valence-corrected chi connectivity index (χ0v) is 12.3. The topological polar surface area (TPSA) is 121 Å². The zero-order chi connectivity index (χ0) is 15.9. The molecule has 0 aliphatic carbocycles. The third kappa shape index (κ3) is 2.44. The number of nitrogens with zero attached hydrogens (tertiary/aromatic N) is 2. The summed E-state index contributed by atoms with van der Waals surface area (Å²) in [5.74, 6) is 0.554. The maximum atomic E-state index is 10.1. The molecule has 1 aliphatic heterocycles. The molecular weight excluding hydrogens is 290 g/mol. The van der Waals surface area contributed by atoms with Crippen molar-refractivity contribution in [3.63, 3.8) is 0 Å². The molecule has 3 rings (SSSR count). The first-order chi connectivity index (χ1) is 10.5. The van der Waals surface area contributed by atoms with Gasteiger partial charge in [-0.15, -0.1) is 0 Å². The van der Waals surface area contributed by atoms with Gasteiger partial charge in [-0.2, -0.15) is 0 Å². The summed E-state index contributed by atoms with van der Waals surface area (Å²) in [6.45, 7) is 3.58. The fourth-order valence-electron chi connectivity index (χ4n) is 2.60. The highest BCUT2D eigenvalue weighted by Gasteiger charge is 2.44. The van der Waals surface area contributed by atoms with Crippen LogP contribution in [0.5, 0.6) is 0 Å². The molecule has 1 fully saturated rings. The SMILES string of the molecule is CC(C)Nc1ncnc2c(C3O[C@H](CO)[C@@H](O)[C@H]3O)coc12. The molecule has 2 aromatic rings. The molecule has 1 aliphatic rings. The van der Waals surface area contributed by atoms with Gasteiger partial charge >= 0.3 is 0 Å². The molecule has 8 nitrogen and oxygen atoms in total. The van der Waals surface area contributed by atoms with E-state index in [0.29, 0.717) is 22.5 Å². The van der Waals surface area contributed by atoms with Crippen molar-refractivity contribution in [2.45, 2.75) is 44.3 Å². The van der Waals surface area contributed by atoms with Crippen LogP contribution in [0.1, 0.15) is 25.5 Å². The second-order valence-corrected chi connectivity index (χ2v) is 5.65. The van der Waals surface area contributed by atoms with Gasteiger partial charge in [0.2, 0.25) is 0 Å². The predicted octanol–water partition coefficient (Wildman–Crippen LogP) is 0.197. The van der Waals surface area contributed by atoms with Gasteiger partial charge < -0.3 is 29.8 Å². The summed E-state index contributed by atoms with van der Waals surface area (Å²) in [6, 6.07) is 0.167. The number of rotatable bonds is 4. The molecule has 0 aromatic carbocycles. The van der Waals surface area contributed by atoms with E-state index < -0.39 is 24.4 Å². The summed E-state index contributed by atoms with van der Waals surface area (Å²) in [5.41, 5.74) is 1.49. The first-order valence-electron chi connectivity index (χ1n) is 7.14. The Bertz CT molecular complexity index is 659. The number of fused-ring (bicyclic) bond motifs is 1. The molecule has 8 heteroatoms. The van der Waals surface area contributed by atoms with Crippen molar-refractivity contribution in [1.29, 1.82) is 0 Å². The molecule has 2 aromatic heterocycles. The van der Waals surface area contributed by atoms with E-state index in [9.17, 15) is 15.3 Å². The Kier molecular flexibility index (Phi) is 4.00. The fraction of sp³-hybridized carbons (Fsp3) is 0.571. The first kappa shape index (κ1) is 15.2. The van der Waals surface area contributed by atoms with Gasteiger partial charge in [-0.3, -0.25) is 0 Å². The molecule has 22 heavy (non-hydrogen) atoms. The van der Waals surface area contributed by atoms with Crippen LogP contribution in [-0.2, 0) is 4.74 Å². The van der Waals surface area contributed by atoms with Crippen molar-refractivity contribution < 1.29 is 24.5 Å². The molecule has 1 saturated heterocycles. The highest BCUT2D eigenvalue weighted by atomic mass is 16.6. The molecule has 4 N–H and O–H groups in total. The number of ether oxygens (including phenoxy) is 1. The maximum absolute atomic E-state index is 10.1.